The fourth-order valence-corrected chi connectivity index (χ4v) is 5.22. The first-order valence-electron chi connectivity index (χ1n) is 10.9. The third-order valence-electron chi connectivity index (χ3n) is 6.61. The normalized spacial score (nSPS) is 25.5. The first-order chi connectivity index (χ1) is 16.1. The van der Waals surface area contributed by atoms with E-state index < -0.39 is 23.9 Å². The number of para-hydroxylation sites is 1. The summed E-state index contributed by atoms with van der Waals surface area (Å²) in [4.78, 5) is 42.1. The minimum absolute atomic E-state index is 0.298. The zero-order valence-electron chi connectivity index (χ0n) is 17.5. The lowest BCUT2D eigenvalue weighted by molar-refractivity contribution is -0.129. The van der Waals surface area contributed by atoms with Gasteiger partial charge in [0.05, 0.1) is 23.6 Å². The van der Waals surface area contributed by atoms with Crippen LogP contribution in [0.15, 0.2) is 90.0 Å². The number of imide groups is 1. The molecule has 4 atom stereocenters. The van der Waals surface area contributed by atoms with Gasteiger partial charge in [-0.3, -0.25) is 19.4 Å². The number of carbonyl (C=O) groups excluding carboxylic acids is 3. The molecule has 3 aliphatic heterocycles. The number of hydrogen-bond acceptors (Lipinski definition) is 5. The summed E-state index contributed by atoms with van der Waals surface area (Å²) in [6.07, 6.45) is 5.18. The molecule has 7 heteroatoms. The van der Waals surface area contributed by atoms with Crippen LogP contribution in [-0.4, -0.2) is 41.0 Å². The molecule has 0 aromatic heterocycles. The number of rotatable bonds is 3. The van der Waals surface area contributed by atoms with Crippen LogP contribution >= 0.6 is 0 Å². The molecule has 6 rings (SSSR count). The van der Waals surface area contributed by atoms with Crippen molar-refractivity contribution in [2.75, 3.05) is 10.2 Å². The minimum Gasteiger partial charge on any atom is -0.324 e. The Morgan fingerprint density at radius 1 is 0.848 bits per heavy atom. The molecule has 3 aromatic carbocycles. The van der Waals surface area contributed by atoms with Crippen molar-refractivity contribution < 1.29 is 14.4 Å². The monoisotopic (exact) mass is 436 g/mol. The predicted molar refractivity (Wildman–Crippen MR) is 126 cm³/mol. The summed E-state index contributed by atoms with van der Waals surface area (Å²) in [7, 11) is 0. The molecule has 3 aliphatic rings. The molecule has 2 fully saturated rings. The van der Waals surface area contributed by atoms with Crippen LogP contribution in [0.25, 0.3) is 10.8 Å². The van der Waals surface area contributed by atoms with E-state index in [4.69, 9.17) is 0 Å². The van der Waals surface area contributed by atoms with Crippen molar-refractivity contribution in [3.63, 3.8) is 0 Å². The number of amides is 3. The maximum Gasteiger partial charge on any atom is 0.249 e. The van der Waals surface area contributed by atoms with Crippen molar-refractivity contribution >= 4 is 46.1 Å². The number of allylic oxidation sites excluding steroid dienone is 1. The highest BCUT2D eigenvalue weighted by molar-refractivity contribution is 6.26. The number of hydrogen-bond donors (Lipinski definition) is 1. The van der Waals surface area contributed by atoms with Gasteiger partial charge in [-0.25, -0.2) is 4.90 Å². The second kappa shape index (κ2) is 7.41. The molecule has 0 spiro atoms. The topological polar surface area (TPSA) is 82.1 Å². The number of hydrazone groups is 1. The Hall–Kier alpha value is -4.26. The van der Waals surface area contributed by atoms with Gasteiger partial charge >= 0.3 is 0 Å². The van der Waals surface area contributed by atoms with Crippen LogP contribution in [0.3, 0.4) is 0 Å². The molecule has 162 valence electrons. The highest BCUT2D eigenvalue weighted by Crippen LogP contribution is 2.46. The lowest BCUT2D eigenvalue weighted by Gasteiger charge is -2.30. The van der Waals surface area contributed by atoms with Gasteiger partial charge in [0.2, 0.25) is 17.7 Å². The highest BCUT2D eigenvalue weighted by Gasteiger charge is 2.64. The Morgan fingerprint density at radius 3 is 2.42 bits per heavy atom. The SMILES string of the molecule is O=C(Nc1ccccc1)[C@@H]1[C@@H]2C(=O)N(c3cccc4ccccc34)C(=O)[C@@H]2[C@H]2C=CC=NN21. The standard InChI is InChI=1S/C26H20N4O3/c31-24(28-17-10-2-1-3-11-17)23-22-21(20-14-7-15-27-30(20)23)25(32)29(26(22)33)19-13-6-9-16-8-4-5-12-18(16)19/h1-15,20-23H,(H,28,31)/t20-,21-,22-,23+/m1/s1. The van der Waals surface area contributed by atoms with E-state index in [9.17, 15) is 14.4 Å². The number of carbonyl (C=O) groups is 3. The van der Waals surface area contributed by atoms with E-state index in [0.717, 1.165) is 10.8 Å². The maximum atomic E-state index is 13.8. The average Bonchev–Trinajstić information content (AvgIpc) is 3.32. The van der Waals surface area contributed by atoms with Crippen LogP contribution < -0.4 is 10.2 Å². The quantitative estimate of drug-likeness (QED) is 0.640. The summed E-state index contributed by atoms with van der Waals surface area (Å²) in [5.41, 5.74) is 1.18. The maximum absolute atomic E-state index is 13.8. The molecule has 3 heterocycles. The third kappa shape index (κ3) is 2.89. The molecule has 33 heavy (non-hydrogen) atoms. The summed E-state index contributed by atoms with van der Waals surface area (Å²) < 4.78 is 0. The van der Waals surface area contributed by atoms with Gasteiger partial charge in [-0.2, -0.15) is 5.10 Å². The summed E-state index contributed by atoms with van der Waals surface area (Å²) in [6, 6.07) is 20.9. The van der Waals surface area contributed by atoms with E-state index in [1.54, 1.807) is 35.5 Å². The minimum atomic E-state index is -0.891. The third-order valence-corrected chi connectivity index (χ3v) is 6.61. The van der Waals surface area contributed by atoms with Crippen LogP contribution in [-0.2, 0) is 14.4 Å². The van der Waals surface area contributed by atoms with Crippen LogP contribution in [0, 0.1) is 11.8 Å². The lowest BCUT2D eigenvalue weighted by Crippen LogP contribution is -2.47. The fraction of sp³-hybridized carbons (Fsp3) is 0.154. The highest BCUT2D eigenvalue weighted by atomic mass is 16.2. The molecule has 0 unspecified atom stereocenters. The fourth-order valence-electron chi connectivity index (χ4n) is 5.22. The first kappa shape index (κ1) is 19.4. The van der Waals surface area contributed by atoms with Gasteiger partial charge < -0.3 is 5.32 Å². The van der Waals surface area contributed by atoms with Crippen LogP contribution in [0.2, 0.25) is 0 Å². The largest absolute Gasteiger partial charge is 0.324 e. The van der Waals surface area contributed by atoms with Crippen molar-refractivity contribution in [3.8, 4) is 0 Å². The van der Waals surface area contributed by atoms with Crippen LogP contribution in [0.1, 0.15) is 0 Å². The summed E-state index contributed by atoms with van der Waals surface area (Å²) in [6.45, 7) is 0. The molecular formula is C26H20N4O3. The Morgan fingerprint density at radius 2 is 1.58 bits per heavy atom. The van der Waals surface area contributed by atoms with Gasteiger partial charge in [-0.05, 0) is 29.7 Å². The smallest absolute Gasteiger partial charge is 0.249 e. The van der Waals surface area contributed by atoms with Crippen LogP contribution in [0.4, 0.5) is 11.4 Å². The molecule has 1 N–H and O–H groups in total. The van der Waals surface area contributed by atoms with Gasteiger partial charge in [0.15, 0.2) is 0 Å². The van der Waals surface area contributed by atoms with Crippen molar-refractivity contribution in [2.45, 2.75) is 12.1 Å². The van der Waals surface area contributed by atoms with Gasteiger partial charge in [0.25, 0.3) is 0 Å². The van der Waals surface area contributed by atoms with Gasteiger partial charge in [-0.1, -0.05) is 60.7 Å². The van der Waals surface area contributed by atoms with E-state index in [0.29, 0.717) is 11.4 Å². The molecule has 0 saturated carbocycles. The predicted octanol–water partition coefficient (Wildman–Crippen LogP) is 3.19. The van der Waals surface area contributed by atoms with Crippen molar-refractivity contribution in [1.82, 2.24) is 5.01 Å². The van der Waals surface area contributed by atoms with E-state index in [-0.39, 0.29) is 17.7 Å². The van der Waals surface area contributed by atoms with E-state index >= 15 is 0 Å². The number of benzene rings is 3. The Bertz CT molecular complexity index is 1340. The molecule has 2 saturated heterocycles. The first-order valence-corrected chi connectivity index (χ1v) is 10.9. The lowest BCUT2D eigenvalue weighted by atomic mass is 9.88. The molecule has 0 radical (unpaired) electrons. The Labute approximate surface area is 190 Å². The Kier molecular flexibility index (Phi) is 4.36. The average molecular weight is 436 g/mol. The molecule has 0 bridgehead atoms. The molecule has 0 aliphatic carbocycles. The number of nitrogens with one attached hydrogen (secondary N) is 1. The summed E-state index contributed by atoms with van der Waals surface area (Å²) in [5.74, 6) is -2.53. The second-order valence-corrected chi connectivity index (χ2v) is 8.38. The van der Waals surface area contributed by atoms with Gasteiger partial charge in [0, 0.05) is 17.3 Å². The van der Waals surface area contributed by atoms with Crippen LogP contribution in [0.5, 0.6) is 0 Å². The summed E-state index contributed by atoms with van der Waals surface area (Å²) in [5, 5.41) is 10.6. The number of anilines is 2. The Balaban J connectivity index is 1.42. The molecule has 7 nitrogen and oxygen atoms in total. The van der Waals surface area contributed by atoms with Crippen molar-refractivity contribution in [2.24, 2.45) is 16.9 Å². The zero-order valence-corrected chi connectivity index (χ0v) is 17.5. The van der Waals surface area contributed by atoms with Gasteiger partial charge in [0.1, 0.15) is 6.04 Å². The zero-order chi connectivity index (χ0) is 22.5. The number of nitrogens with zero attached hydrogens (tertiary/aromatic N) is 3. The number of fused-ring (bicyclic) bond motifs is 4. The van der Waals surface area contributed by atoms with Crippen molar-refractivity contribution in [3.05, 3.63) is 84.9 Å². The molecule has 3 aromatic rings. The molecular weight excluding hydrogens is 416 g/mol. The van der Waals surface area contributed by atoms with Gasteiger partial charge in [-0.15, -0.1) is 0 Å². The van der Waals surface area contributed by atoms with E-state index in [2.05, 4.69) is 10.4 Å². The van der Waals surface area contributed by atoms with E-state index in [1.807, 2.05) is 60.7 Å². The summed E-state index contributed by atoms with van der Waals surface area (Å²) >= 11 is 0. The second-order valence-electron chi connectivity index (χ2n) is 8.38. The van der Waals surface area contributed by atoms with E-state index in [1.165, 1.54) is 4.90 Å². The van der Waals surface area contributed by atoms with Crippen molar-refractivity contribution in [1.29, 1.82) is 0 Å². The molecule has 3 amide bonds.